The predicted octanol–water partition coefficient (Wildman–Crippen LogP) is 0.228. The second-order valence-electron chi connectivity index (χ2n) is 3.69. The summed E-state index contributed by atoms with van der Waals surface area (Å²) >= 11 is 0. The lowest BCUT2D eigenvalue weighted by atomic mass is 10.2. The van der Waals surface area contributed by atoms with Crippen LogP contribution in [0.4, 0.5) is 0 Å². The van der Waals surface area contributed by atoms with Crippen LogP contribution in [0.25, 0.3) is 6.08 Å². The molecule has 0 aromatic heterocycles. The summed E-state index contributed by atoms with van der Waals surface area (Å²) in [6.45, 7) is 8.07. The van der Waals surface area contributed by atoms with E-state index in [9.17, 15) is 0 Å². The Kier molecular flexibility index (Phi) is 6.88. The first kappa shape index (κ1) is 16.0. The van der Waals surface area contributed by atoms with E-state index in [-0.39, 0.29) is 0 Å². The molecule has 17 heavy (non-hydrogen) atoms. The Morgan fingerprint density at radius 1 is 1.41 bits per heavy atom. The largest absolute Gasteiger partial charge is 0.761 e. The van der Waals surface area contributed by atoms with Gasteiger partial charge < -0.3 is 13.7 Å². The highest BCUT2D eigenvalue weighted by Gasteiger charge is 2.24. The van der Waals surface area contributed by atoms with E-state index in [1.54, 1.807) is 0 Å². The fourth-order valence-electron chi connectivity index (χ4n) is 1.28. The molecule has 3 radical (unpaired) electrons. The van der Waals surface area contributed by atoms with E-state index in [0.29, 0.717) is 0 Å². The van der Waals surface area contributed by atoms with Crippen molar-refractivity contribution >= 4 is 39.2 Å². The van der Waals surface area contributed by atoms with Crippen molar-refractivity contribution in [3.63, 3.8) is 0 Å². The molecule has 0 saturated carbocycles. The Hall–Kier alpha value is -1.03. The van der Waals surface area contributed by atoms with Crippen LogP contribution in [0, 0.1) is 0 Å². The fourth-order valence-corrected chi connectivity index (χ4v) is 3.10. The molecule has 0 saturated heterocycles. The van der Waals surface area contributed by atoms with Crippen molar-refractivity contribution in [2.45, 2.75) is 13.1 Å². The van der Waals surface area contributed by atoms with E-state index in [1.807, 2.05) is 18.2 Å². The number of hydrogen-bond donors (Lipinski definition) is 2. The van der Waals surface area contributed by atoms with Gasteiger partial charge in [0.1, 0.15) is 0 Å². The Balaban J connectivity index is 0.000000557. The molecule has 4 nitrogen and oxygen atoms in total. The minimum Gasteiger partial charge on any atom is -0.511 e. The summed E-state index contributed by atoms with van der Waals surface area (Å²) in [5.74, 6) is 0. The van der Waals surface area contributed by atoms with Crippen molar-refractivity contribution in [3.8, 4) is 0 Å². The topological polar surface area (TPSA) is 66.8 Å². The minimum atomic E-state index is -3.13. The highest BCUT2D eigenvalue weighted by Crippen LogP contribution is 2.08. The van der Waals surface area contributed by atoms with Crippen LogP contribution in [-0.4, -0.2) is 37.6 Å². The van der Waals surface area contributed by atoms with Gasteiger partial charge in [0.25, 0.3) is 0 Å². The third-order valence-electron chi connectivity index (χ3n) is 2.08. The van der Waals surface area contributed by atoms with E-state index in [4.69, 9.17) is 18.2 Å². The molecule has 91 valence electrons. The summed E-state index contributed by atoms with van der Waals surface area (Å²) in [7, 11) is -1.76. The van der Waals surface area contributed by atoms with Gasteiger partial charge in [0, 0.05) is 0 Å². The number of hydrogen-bond acceptors (Lipinski definition) is 2. The van der Waals surface area contributed by atoms with Gasteiger partial charge in [-0.1, -0.05) is 36.9 Å². The predicted molar refractivity (Wildman–Crippen MR) is 71.4 cm³/mol. The highest BCUT2D eigenvalue weighted by atomic mass is 28.4. The molecule has 0 aliphatic carbocycles. The molecular formula is C10H15O4Si3. The number of rotatable bonds is 3. The summed E-state index contributed by atoms with van der Waals surface area (Å²) in [6.07, 6.45) is 1.87. The monoisotopic (exact) mass is 283 g/mol. The molecular weight excluding hydrogens is 268 g/mol. The fraction of sp³-hybridized carbons (Fsp3) is 0.200. The average molecular weight is 283 g/mol. The van der Waals surface area contributed by atoms with Crippen molar-refractivity contribution in [1.82, 2.24) is 0 Å². The van der Waals surface area contributed by atoms with Gasteiger partial charge in [0.15, 0.2) is 0 Å². The highest BCUT2D eigenvalue weighted by molar-refractivity contribution is 6.86. The molecule has 0 fully saturated rings. The lowest BCUT2D eigenvalue weighted by Gasteiger charge is -2.22. The Bertz CT molecular complexity index is 389. The maximum Gasteiger partial charge on any atom is 0.761 e. The zero-order valence-corrected chi connectivity index (χ0v) is 12.8. The third-order valence-corrected chi connectivity index (χ3v) is 5.88. The summed E-state index contributed by atoms with van der Waals surface area (Å²) in [5, 5.41) is 1.26. The average Bonchev–Trinajstić information content (AvgIpc) is 2.28. The van der Waals surface area contributed by atoms with Crippen LogP contribution in [0.2, 0.25) is 13.1 Å². The van der Waals surface area contributed by atoms with E-state index in [1.165, 1.54) is 5.19 Å². The maximum absolute atomic E-state index is 8.74. The Morgan fingerprint density at radius 3 is 2.29 bits per heavy atom. The molecule has 1 aromatic carbocycles. The number of benzene rings is 1. The van der Waals surface area contributed by atoms with Crippen LogP contribution < -0.4 is 5.19 Å². The van der Waals surface area contributed by atoms with Gasteiger partial charge in [-0.05, 0) is 23.8 Å². The van der Waals surface area contributed by atoms with Crippen LogP contribution in [0.5, 0.6) is 0 Å². The zero-order valence-electron chi connectivity index (χ0n) is 9.80. The molecule has 1 rings (SSSR count). The molecule has 0 unspecified atom stereocenters. The molecule has 0 aliphatic rings. The molecule has 0 heterocycles. The Morgan fingerprint density at radius 2 is 1.88 bits per heavy atom. The molecule has 0 spiro atoms. The first-order valence-corrected chi connectivity index (χ1v) is 9.45. The lowest BCUT2D eigenvalue weighted by molar-refractivity contribution is 0.330. The SMILES string of the molecule is C=Cc1ccccc1[Si](C)(C)O[Si].O=[Si](O)O. The minimum absolute atomic E-state index is 1.16. The summed E-state index contributed by atoms with van der Waals surface area (Å²) in [4.78, 5) is 14.3. The second kappa shape index (κ2) is 7.33. The maximum atomic E-state index is 8.74. The van der Waals surface area contributed by atoms with E-state index >= 15 is 0 Å². The zero-order chi connectivity index (χ0) is 13.5. The van der Waals surface area contributed by atoms with Crippen LogP contribution in [0.3, 0.4) is 0 Å². The second-order valence-corrected chi connectivity index (χ2v) is 8.63. The van der Waals surface area contributed by atoms with E-state index < -0.39 is 17.5 Å². The molecule has 7 heteroatoms. The third kappa shape index (κ3) is 5.73. The van der Waals surface area contributed by atoms with E-state index in [0.717, 1.165) is 5.56 Å². The molecule has 0 bridgehead atoms. The van der Waals surface area contributed by atoms with Crippen molar-refractivity contribution in [3.05, 3.63) is 36.4 Å². The van der Waals surface area contributed by atoms with Gasteiger partial charge in [0.2, 0.25) is 18.8 Å². The molecule has 0 atom stereocenters. The molecule has 2 N–H and O–H groups in total. The molecule has 0 aliphatic heterocycles. The summed E-state index contributed by atoms with van der Waals surface area (Å²) in [5.41, 5.74) is 1.16. The van der Waals surface area contributed by atoms with Gasteiger partial charge in [-0.25, -0.2) is 0 Å². The smallest absolute Gasteiger partial charge is 0.511 e. The van der Waals surface area contributed by atoms with Crippen LogP contribution in [0.15, 0.2) is 30.8 Å². The van der Waals surface area contributed by atoms with Crippen molar-refractivity contribution in [2.24, 2.45) is 0 Å². The first-order valence-electron chi connectivity index (χ1n) is 4.83. The lowest BCUT2D eigenvalue weighted by Crippen LogP contribution is -2.45. The van der Waals surface area contributed by atoms with Crippen LogP contribution in [0.1, 0.15) is 5.56 Å². The van der Waals surface area contributed by atoms with Crippen molar-refractivity contribution in [1.29, 1.82) is 0 Å². The first-order chi connectivity index (χ1) is 7.85. The van der Waals surface area contributed by atoms with Gasteiger partial charge in [-0.3, -0.25) is 4.46 Å². The standard InChI is InChI=1S/C10H13OSi2.H2O3Si/c1-4-9-7-5-6-8-10(9)13(2,3)11-12;1-4(2)3/h4-8H,1H2,2-3H3;1-2H. The van der Waals surface area contributed by atoms with E-state index in [2.05, 4.69) is 42.3 Å². The van der Waals surface area contributed by atoms with Gasteiger partial charge in [-0.2, -0.15) is 0 Å². The normalized spacial score (nSPS) is 10.1. The summed E-state index contributed by atoms with van der Waals surface area (Å²) in [6, 6.07) is 8.20. The Labute approximate surface area is 107 Å². The van der Waals surface area contributed by atoms with Gasteiger partial charge in [-0.15, -0.1) is 0 Å². The van der Waals surface area contributed by atoms with Gasteiger partial charge >= 0.3 is 9.17 Å². The van der Waals surface area contributed by atoms with Crippen LogP contribution in [-0.2, 0) is 8.58 Å². The quantitative estimate of drug-likeness (QED) is 0.779. The van der Waals surface area contributed by atoms with Crippen LogP contribution >= 0.6 is 0 Å². The van der Waals surface area contributed by atoms with Gasteiger partial charge in [0.05, 0.1) is 0 Å². The molecule has 1 aromatic rings. The van der Waals surface area contributed by atoms with Crippen molar-refractivity contribution in [2.75, 3.05) is 0 Å². The van der Waals surface area contributed by atoms with Crippen molar-refractivity contribution < 1.29 is 18.2 Å². The molecule has 0 amide bonds. The summed E-state index contributed by atoms with van der Waals surface area (Å²) < 4.78 is 14.1.